The Morgan fingerprint density at radius 1 is 0.524 bits per heavy atom. The lowest BCUT2D eigenvalue weighted by Gasteiger charge is -2.20. The summed E-state index contributed by atoms with van der Waals surface area (Å²) in [4.78, 5) is 0. The molecule has 0 aliphatic carbocycles. The van der Waals surface area contributed by atoms with Crippen LogP contribution in [0.15, 0.2) is 59.2 Å². The van der Waals surface area contributed by atoms with Gasteiger partial charge in [0.05, 0.1) is 12.2 Å². The molecule has 0 atom stereocenters. The summed E-state index contributed by atoms with van der Waals surface area (Å²) in [5.41, 5.74) is 4.06. The molecule has 0 saturated heterocycles. The summed E-state index contributed by atoms with van der Waals surface area (Å²) in [6.07, 6.45) is 27.3. The van der Waals surface area contributed by atoms with E-state index in [1.165, 1.54) is 114 Å². The predicted molar refractivity (Wildman–Crippen MR) is 178 cm³/mol. The highest BCUT2D eigenvalue weighted by atomic mass is 16.3. The first-order chi connectivity index (χ1) is 20.6. The molecule has 0 aliphatic heterocycles. The second-order valence-electron chi connectivity index (χ2n) is 12.4. The lowest BCUT2D eigenvalue weighted by Crippen LogP contribution is -2.05. The fraction of sp³-hybridized carbons (Fsp3) is 0.590. The average Bonchev–Trinajstić information content (AvgIpc) is 3.53. The van der Waals surface area contributed by atoms with Gasteiger partial charge in [0, 0.05) is 11.1 Å². The number of hydrogen-bond donors (Lipinski definition) is 2. The van der Waals surface area contributed by atoms with Crippen LogP contribution in [0.4, 0.5) is 0 Å². The van der Waals surface area contributed by atoms with Crippen LogP contribution in [-0.4, -0.2) is 10.2 Å². The van der Waals surface area contributed by atoms with Crippen molar-refractivity contribution < 1.29 is 14.6 Å². The molecule has 0 aliphatic rings. The number of rotatable bonds is 23. The highest BCUT2D eigenvalue weighted by molar-refractivity contribution is 5.52. The number of unbranched alkanes of at least 4 members (excludes halogenated alkanes) is 16. The first-order valence-corrected chi connectivity index (χ1v) is 17.3. The molecule has 2 N–H and O–H groups in total. The van der Waals surface area contributed by atoms with E-state index in [1.807, 2.05) is 36.4 Å². The van der Waals surface area contributed by atoms with Crippen LogP contribution in [-0.2, 0) is 12.8 Å². The highest BCUT2D eigenvalue weighted by Crippen LogP contribution is 2.41. The zero-order chi connectivity index (χ0) is 29.8. The van der Waals surface area contributed by atoms with Gasteiger partial charge in [0.15, 0.2) is 0 Å². The van der Waals surface area contributed by atoms with E-state index in [0.717, 1.165) is 42.6 Å². The third-order valence-electron chi connectivity index (χ3n) is 8.77. The molecule has 232 valence electrons. The SMILES string of the molecule is CCCCCCCCCCCc1ccc(O)c(C(c2ccco2)c2cc(CCCCCCCCCCC)ccc2O)c1. The molecule has 1 heterocycles. The van der Waals surface area contributed by atoms with Crippen LogP contribution in [0.2, 0.25) is 0 Å². The third kappa shape index (κ3) is 11.9. The number of phenolic OH excluding ortho intramolecular Hbond substituents is 2. The van der Waals surface area contributed by atoms with Gasteiger partial charge in [-0.25, -0.2) is 0 Å². The van der Waals surface area contributed by atoms with E-state index in [9.17, 15) is 10.2 Å². The van der Waals surface area contributed by atoms with Crippen molar-refractivity contribution in [2.75, 3.05) is 0 Å². The van der Waals surface area contributed by atoms with Gasteiger partial charge in [-0.1, -0.05) is 141 Å². The quantitative estimate of drug-likeness (QED) is 0.111. The number of hydrogen-bond acceptors (Lipinski definition) is 3. The van der Waals surface area contributed by atoms with E-state index in [2.05, 4.69) is 26.0 Å². The van der Waals surface area contributed by atoms with Gasteiger partial charge in [-0.2, -0.15) is 0 Å². The van der Waals surface area contributed by atoms with Crippen molar-refractivity contribution in [3.8, 4) is 11.5 Å². The molecule has 3 heteroatoms. The Hall–Kier alpha value is -2.68. The number of phenols is 2. The molecule has 42 heavy (non-hydrogen) atoms. The molecule has 2 aromatic carbocycles. The van der Waals surface area contributed by atoms with Crippen molar-refractivity contribution >= 4 is 0 Å². The smallest absolute Gasteiger partial charge is 0.119 e. The summed E-state index contributed by atoms with van der Waals surface area (Å²) >= 11 is 0. The molecule has 0 amide bonds. The molecule has 3 aromatic rings. The molecular weight excluding hydrogens is 516 g/mol. The molecule has 0 bridgehead atoms. The standard InChI is InChI=1S/C39H58O3/c1-3-5-7-9-11-13-15-17-19-22-32-25-27-36(40)34(30-32)39(38-24-21-29-42-38)35-31-33(26-28-37(35)41)23-20-18-16-14-12-10-8-6-4-2/h21,24-31,39-41H,3-20,22-23H2,1-2H3. The summed E-state index contributed by atoms with van der Waals surface area (Å²) in [6, 6.07) is 15.8. The van der Waals surface area contributed by atoms with Gasteiger partial charge in [-0.15, -0.1) is 0 Å². The monoisotopic (exact) mass is 574 g/mol. The molecular formula is C39H58O3. The third-order valence-corrected chi connectivity index (χ3v) is 8.77. The Morgan fingerprint density at radius 2 is 0.929 bits per heavy atom. The fourth-order valence-corrected chi connectivity index (χ4v) is 6.19. The van der Waals surface area contributed by atoms with E-state index >= 15 is 0 Å². The van der Waals surface area contributed by atoms with Gasteiger partial charge in [0.2, 0.25) is 0 Å². The van der Waals surface area contributed by atoms with E-state index in [4.69, 9.17) is 4.42 Å². The van der Waals surface area contributed by atoms with Gasteiger partial charge in [-0.05, 0) is 61.1 Å². The number of aryl methyl sites for hydroxylation is 2. The Labute approximate surface area is 256 Å². The number of aromatic hydroxyl groups is 2. The van der Waals surface area contributed by atoms with Crippen molar-refractivity contribution in [1.82, 2.24) is 0 Å². The van der Waals surface area contributed by atoms with E-state index in [1.54, 1.807) is 6.26 Å². The van der Waals surface area contributed by atoms with Gasteiger partial charge >= 0.3 is 0 Å². The minimum atomic E-state index is -0.355. The van der Waals surface area contributed by atoms with Gasteiger partial charge in [0.1, 0.15) is 17.3 Å². The maximum atomic E-state index is 11.0. The maximum Gasteiger partial charge on any atom is 0.119 e. The Balaban J connectivity index is 1.61. The zero-order valence-electron chi connectivity index (χ0n) is 26.7. The second kappa shape index (κ2) is 20.3. The normalized spacial score (nSPS) is 11.5. The predicted octanol–water partition coefficient (Wildman–Crippen LogP) is 12.0. The minimum absolute atomic E-state index is 0.246. The van der Waals surface area contributed by atoms with E-state index in [0.29, 0.717) is 0 Å². The Bertz CT molecular complexity index is 1030. The highest BCUT2D eigenvalue weighted by Gasteiger charge is 2.26. The fourth-order valence-electron chi connectivity index (χ4n) is 6.19. The topological polar surface area (TPSA) is 53.6 Å². The van der Waals surface area contributed by atoms with Crippen LogP contribution in [0, 0.1) is 0 Å². The Morgan fingerprint density at radius 3 is 1.31 bits per heavy atom. The molecule has 0 spiro atoms. The summed E-state index contributed by atoms with van der Waals surface area (Å²) in [6.45, 7) is 4.54. The summed E-state index contributed by atoms with van der Waals surface area (Å²) < 4.78 is 5.89. The summed E-state index contributed by atoms with van der Waals surface area (Å²) in [5, 5.41) is 22.0. The first kappa shape index (κ1) is 33.8. The minimum Gasteiger partial charge on any atom is -0.508 e. The van der Waals surface area contributed by atoms with Crippen LogP contribution in [0.5, 0.6) is 11.5 Å². The molecule has 3 nitrogen and oxygen atoms in total. The maximum absolute atomic E-state index is 11.0. The number of benzene rings is 2. The molecule has 3 rings (SSSR count). The number of furan rings is 1. The van der Waals surface area contributed by atoms with Crippen LogP contribution >= 0.6 is 0 Å². The van der Waals surface area contributed by atoms with Crippen LogP contribution in [0.1, 0.15) is 163 Å². The van der Waals surface area contributed by atoms with E-state index in [-0.39, 0.29) is 17.4 Å². The second-order valence-corrected chi connectivity index (χ2v) is 12.4. The zero-order valence-corrected chi connectivity index (χ0v) is 26.7. The average molecular weight is 575 g/mol. The van der Waals surface area contributed by atoms with Gasteiger partial charge < -0.3 is 14.6 Å². The van der Waals surface area contributed by atoms with Crippen molar-refractivity contribution in [2.45, 2.75) is 148 Å². The summed E-state index contributed by atoms with van der Waals surface area (Å²) in [7, 11) is 0. The van der Waals surface area contributed by atoms with Crippen molar-refractivity contribution in [3.05, 3.63) is 82.8 Å². The molecule has 1 aromatic heterocycles. The molecule has 0 saturated carbocycles. The lowest BCUT2D eigenvalue weighted by molar-refractivity contribution is 0.443. The van der Waals surface area contributed by atoms with Gasteiger partial charge in [0.25, 0.3) is 0 Å². The van der Waals surface area contributed by atoms with E-state index < -0.39 is 0 Å². The summed E-state index contributed by atoms with van der Waals surface area (Å²) in [5.74, 6) is 0.874. The van der Waals surface area contributed by atoms with Crippen molar-refractivity contribution in [2.24, 2.45) is 0 Å². The van der Waals surface area contributed by atoms with Crippen molar-refractivity contribution in [1.29, 1.82) is 0 Å². The van der Waals surface area contributed by atoms with Gasteiger partial charge in [-0.3, -0.25) is 0 Å². The molecule has 0 unspecified atom stereocenters. The molecule has 0 radical (unpaired) electrons. The van der Waals surface area contributed by atoms with Crippen molar-refractivity contribution in [3.63, 3.8) is 0 Å². The van der Waals surface area contributed by atoms with Crippen LogP contribution < -0.4 is 0 Å². The molecule has 0 fully saturated rings. The largest absolute Gasteiger partial charge is 0.508 e. The Kier molecular flexibility index (Phi) is 16.3. The van der Waals surface area contributed by atoms with Crippen LogP contribution in [0.25, 0.3) is 0 Å². The lowest BCUT2D eigenvalue weighted by atomic mass is 9.85. The van der Waals surface area contributed by atoms with Crippen LogP contribution in [0.3, 0.4) is 0 Å². The first-order valence-electron chi connectivity index (χ1n) is 17.3.